The molecule has 1 atom stereocenters. The molecule has 0 amide bonds. The van der Waals surface area contributed by atoms with E-state index in [1.165, 1.54) is 24.3 Å². The van der Waals surface area contributed by atoms with E-state index in [-0.39, 0.29) is 12.0 Å². The van der Waals surface area contributed by atoms with Gasteiger partial charge in [0.05, 0.1) is 6.61 Å². The fraction of sp³-hybridized carbons (Fsp3) is 0.538. The Morgan fingerprint density at radius 2 is 1.72 bits per heavy atom. The van der Waals surface area contributed by atoms with Crippen molar-refractivity contribution in [2.24, 2.45) is 0 Å². The van der Waals surface area contributed by atoms with Crippen LogP contribution in [0.5, 0.6) is 0 Å². The van der Waals surface area contributed by atoms with Crippen molar-refractivity contribution >= 4 is 0 Å². The molecule has 1 aromatic rings. The van der Waals surface area contributed by atoms with E-state index in [9.17, 15) is 17.6 Å². The Labute approximate surface area is 104 Å². The molecule has 1 unspecified atom stereocenters. The van der Waals surface area contributed by atoms with E-state index in [0.29, 0.717) is 6.42 Å². The van der Waals surface area contributed by atoms with Crippen LogP contribution in [-0.4, -0.2) is 19.5 Å². The van der Waals surface area contributed by atoms with Crippen LogP contribution in [0.15, 0.2) is 30.3 Å². The molecule has 18 heavy (non-hydrogen) atoms. The van der Waals surface area contributed by atoms with Crippen LogP contribution in [-0.2, 0) is 10.3 Å². The van der Waals surface area contributed by atoms with E-state index in [2.05, 4.69) is 0 Å². The molecule has 0 aliphatic heterocycles. The summed E-state index contributed by atoms with van der Waals surface area (Å²) in [6.45, 7) is 0.144. The molecule has 0 heterocycles. The Hall–Kier alpha value is -1.10. The Morgan fingerprint density at radius 1 is 1.11 bits per heavy atom. The third-order valence-electron chi connectivity index (χ3n) is 2.73. The molecule has 0 radical (unpaired) electrons. The summed E-state index contributed by atoms with van der Waals surface area (Å²) < 4.78 is 57.0. The molecule has 0 aliphatic rings. The lowest BCUT2D eigenvalue weighted by molar-refractivity contribution is -0.288. The van der Waals surface area contributed by atoms with Gasteiger partial charge in [0.1, 0.15) is 6.67 Å². The molecule has 0 aromatic heterocycles. The number of benzene rings is 1. The lowest BCUT2D eigenvalue weighted by atomic mass is 9.88. The van der Waals surface area contributed by atoms with Crippen molar-refractivity contribution in [2.45, 2.75) is 31.5 Å². The first-order chi connectivity index (χ1) is 8.48. The van der Waals surface area contributed by atoms with Crippen molar-refractivity contribution in [3.8, 4) is 0 Å². The van der Waals surface area contributed by atoms with Gasteiger partial charge in [-0.15, -0.1) is 0 Å². The summed E-state index contributed by atoms with van der Waals surface area (Å²) >= 11 is 0. The maximum atomic E-state index is 13.3. The predicted octanol–water partition coefficient (Wildman–Crippen LogP) is 4.23. The van der Waals surface area contributed by atoms with E-state index >= 15 is 0 Å². The molecule has 1 aromatic carbocycles. The van der Waals surface area contributed by atoms with Crippen LogP contribution in [0.25, 0.3) is 0 Å². The van der Waals surface area contributed by atoms with Crippen LogP contribution in [0.1, 0.15) is 25.3 Å². The molecule has 0 fully saturated rings. The average molecular weight is 264 g/mol. The van der Waals surface area contributed by atoms with E-state index in [0.717, 1.165) is 0 Å². The number of ether oxygens (including phenoxy) is 1. The van der Waals surface area contributed by atoms with Gasteiger partial charge in [-0.1, -0.05) is 43.7 Å². The summed E-state index contributed by atoms with van der Waals surface area (Å²) in [5.41, 5.74) is -2.39. The zero-order valence-electron chi connectivity index (χ0n) is 10.1. The van der Waals surface area contributed by atoms with Crippen LogP contribution in [0.3, 0.4) is 0 Å². The monoisotopic (exact) mass is 264 g/mol. The SMILES string of the molecule is CCCC(OCCF)(c1ccccc1)C(F)(F)F. The van der Waals surface area contributed by atoms with Crippen LogP contribution >= 0.6 is 0 Å². The van der Waals surface area contributed by atoms with Gasteiger partial charge in [-0.05, 0) is 12.0 Å². The second kappa shape index (κ2) is 6.18. The largest absolute Gasteiger partial charge is 0.421 e. The molecule has 102 valence electrons. The zero-order valence-corrected chi connectivity index (χ0v) is 10.1. The molecular weight excluding hydrogens is 248 g/mol. The fourth-order valence-corrected chi connectivity index (χ4v) is 1.96. The molecule has 1 rings (SSSR count). The summed E-state index contributed by atoms with van der Waals surface area (Å²) in [6, 6.07) is 7.39. The number of halogens is 4. The molecule has 0 N–H and O–H groups in total. The molecule has 1 nitrogen and oxygen atoms in total. The van der Waals surface area contributed by atoms with Gasteiger partial charge in [0, 0.05) is 0 Å². The summed E-state index contributed by atoms with van der Waals surface area (Å²) in [7, 11) is 0. The van der Waals surface area contributed by atoms with Crippen LogP contribution < -0.4 is 0 Å². The fourth-order valence-electron chi connectivity index (χ4n) is 1.96. The first-order valence-corrected chi connectivity index (χ1v) is 5.80. The quantitative estimate of drug-likeness (QED) is 0.699. The maximum Gasteiger partial charge on any atom is 0.421 e. The summed E-state index contributed by atoms with van der Waals surface area (Å²) in [6.07, 6.45) is -4.50. The Morgan fingerprint density at radius 3 is 2.17 bits per heavy atom. The van der Waals surface area contributed by atoms with Crippen molar-refractivity contribution in [2.75, 3.05) is 13.3 Å². The Bertz CT molecular complexity index is 350. The Balaban J connectivity index is 3.20. The van der Waals surface area contributed by atoms with Gasteiger partial charge in [-0.3, -0.25) is 0 Å². The highest BCUT2D eigenvalue weighted by atomic mass is 19.4. The Kier molecular flexibility index (Phi) is 5.14. The number of alkyl halides is 4. The minimum atomic E-state index is -4.57. The van der Waals surface area contributed by atoms with Crippen molar-refractivity contribution in [3.63, 3.8) is 0 Å². The van der Waals surface area contributed by atoms with Crippen molar-refractivity contribution in [1.29, 1.82) is 0 Å². The van der Waals surface area contributed by atoms with Crippen molar-refractivity contribution in [1.82, 2.24) is 0 Å². The van der Waals surface area contributed by atoms with Gasteiger partial charge in [0.15, 0.2) is 5.60 Å². The summed E-state index contributed by atoms with van der Waals surface area (Å²) in [4.78, 5) is 0. The van der Waals surface area contributed by atoms with Gasteiger partial charge in [0.2, 0.25) is 0 Å². The smallest absolute Gasteiger partial charge is 0.358 e. The normalized spacial score (nSPS) is 15.4. The third-order valence-corrected chi connectivity index (χ3v) is 2.73. The summed E-state index contributed by atoms with van der Waals surface area (Å²) in [5, 5.41) is 0. The average Bonchev–Trinajstić information content (AvgIpc) is 2.34. The maximum absolute atomic E-state index is 13.3. The number of rotatable bonds is 6. The van der Waals surface area contributed by atoms with Crippen LogP contribution in [0.2, 0.25) is 0 Å². The van der Waals surface area contributed by atoms with Gasteiger partial charge >= 0.3 is 6.18 Å². The van der Waals surface area contributed by atoms with Crippen LogP contribution in [0, 0.1) is 0 Å². The van der Waals surface area contributed by atoms with Gasteiger partial charge < -0.3 is 4.74 Å². The van der Waals surface area contributed by atoms with Crippen LogP contribution in [0.4, 0.5) is 17.6 Å². The molecule has 0 saturated carbocycles. The molecule has 0 bridgehead atoms. The predicted molar refractivity (Wildman–Crippen MR) is 61.0 cm³/mol. The standard InChI is InChI=1S/C13H16F4O/c1-2-8-12(13(15,16)17,18-10-9-14)11-6-4-3-5-7-11/h3-7H,2,8-10H2,1H3. The highest BCUT2D eigenvalue weighted by molar-refractivity contribution is 5.24. The minimum absolute atomic E-state index is 0.0211. The van der Waals surface area contributed by atoms with Gasteiger partial charge in [0.25, 0.3) is 0 Å². The van der Waals surface area contributed by atoms with Gasteiger partial charge in [-0.2, -0.15) is 13.2 Å². The first-order valence-electron chi connectivity index (χ1n) is 5.80. The molecule has 0 aliphatic carbocycles. The molecular formula is C13H16F4O. The second-order valence-electron chi connectivity index (χ2n) is 3.98. The molecule has 0 saturated heterocycles. The van der Waals surface area contributed by atoms with E-state index < -0.39 is 25.1 Å². The highest BCUT2D eigenvalue weighted by Crippen LogP contribution is 2.45. The van der Waals surface area contributed by atoms with E-state index in [4.69, 9.17) is 4.74 Å². The zero-order chi connectivity index (χ0) is 13.6. The lowest BCUT2D eigenvalue weighted by Gasteiger charge is -2.35. The molecule has 5 heteroatoms. The second-order valence-corrected chi connectivity index (χ2v) is 3.98. The third kappa shape index (κ3) is 3.02. The van der Waals surface area contributed by atoms with Crippen molar-refractivity contribution in [3.05, 3.63) is 35.9 Å². The summed E-state index contributed by atoms with van der Waals surface area (Å²) in [5.74, 6) is 0. The molecule has 0 spiro atoms. The lowest BCUT2D eigenvalue weighted by Crippen LogP contribution is -2.45. The van der Waals surface area contributed by atoms with E-state index in [1.54, 1.807) is 13.0 Å². The number of hydrogen-bond donors (Lipinski definition) is 0. The highest BCUT2D eigenvalue weighted by Gasteiger charge is 2.56. The topological polar surface area (TPSA) is 9.23 Å². The van der Waals surface area contributed by atoms with Crippen molar-refractivity contribution < 1.29 is 22.3 Å². The first kappa shape index (κ1) is 15.0. The van der Waals surface area contributed by atoms with E-state index in [1.807, 2.05) is 0 Å². The number of hydrogen-bond acceptors (Lipinski definition) is 1. The minimum Gasteiger partial charge on any atom is -0.358 e. The van der Waals surface area contributed by atoms with Gasteiger partial charge in [-0.25, -0.2) is 4.39 Å².